The summed E-state index contributed by atoms with van der Waals surface area (Å²) in [6.07, 6.45) is 4.96. The highest BCUT2D eigenvalue weighted by Gasteiger charge is 2.16. The predicted molar refractivity (Wildman–Crippen MR) is 74.8 cm³/mol. The van der Waals surface area contributed by atoms with Crippen LogP contribution in [0.1, 0.15) is 32.0 Å². The van der Waals surface area contributed by atoms with E-state index in [-0.39, 0.29) is 0 Å². The number of aryl methyl sites for hydroxylation is 1. The van der Waals surface area contributed by atoms with Crippen molar-refractivity contribution in [2.75, 3.05) is 6.54 Å². The highest BCUT2D eigenvalue weighted by atomic mass is 15.1. The summed E-state index contributed by atoms with van der Waals surface area (Å²) in [5.41, 5.74) is 2.41. The molecule has 3 rings (SSSR count). The first-order valence-corrected chi connectivity index (χ1v) is 7.06. The van der Waals surface area contributed by atoms with Gasteiger partial charge in [0.2, 0.25) is 0 Å². The number of nitrogens with one attached hydrogen (secondary N) is 1. The molecule has 1 unspecified atom stereocenters. The van der Waals surface area contributed by atoms with Gasteiger partial charge in [0, 0.05) is 19.0 Å². The number of para-hydroxylation sites is 2. The van der Waals surface area contributed by atoms with Gasteiger partial charge in [-0.1, -0.05) is 25.5 Å². The van der Waals surface area contributed by atoms with Crippen molar-refractivity contribution in [3.05, 3.63) is 30.1 Å². The molecule has 1 saturated heterocycles. The molecule has 0 spiro atoms. The van der Waals surface area contributed by atoms with Gasteiger partial charge in [-0.05, 0) is 31.5 Å². The van der Waals surface area contributed by atoms with Crippen LogP contribution >= 0.6 is 0 Å². The van der Waals surface area contributed by atoms with Gasteiger partial charge in [0.25, 0.3) is 0 Å². The van der Waals surface area contributed by atoms with Crippen molar-refractivity contribution in [3.63, 3.8) is 0 Å². The summed E-state index contributed by atoms with van der Waals surface area (Å²) < 4.78 is 2.40. The van der Waals surface area contributed by atoms with E-state index in [0.29, 0.717) is 6.04 Å². The van der Waals surface area contributed by atoms with Crippen LogP contribution < -0.4 is 5.32 Å². The fourth-order valence-electron chi connectivity index (χ4n) is 2.90. The molecule has 0 amide bonds. The Morgan fingerprint density at radius 2 is 2.22 bits per heavy atom. The lowest BCUT2D eigenvalue weighted by Gasteiger charge is -2.24. The smallest absolute Gasteiger partial charge is 0.109 e. The minimum Gasteiger partial charge on any atom is -0.326 e. The van der Waals surface area contributed by atoms with E-state index < -0.39 is 0 Å². The summed E-state index contributed by atoms with van der Waals surface area (Å²) in [6.45, 7) is 4.41. The van der Waals surface area contributed by atoms with Crippen molar-refractivity contribution in [1.82, 2.24) is 14.9 Å². The molecular weight excluding hydrogens is 222 g/mol. The van der Waals surface area contributed by atoms with E-state index in [1.165, 1.54) is 37.1 Å². The highest BCUT2D eigenvalue weighted by Crippen LogP contribution is 2.19. The molecule has 3 nitrogen and oxygen atoms in total. The van der Waals surface area contributed by atoms with Crippen LogP contribution in [0.15, 0.2) is 24.3 Å². The van der Waals surface area contributed by atoms with Crippen LogP contribution in [-0.4, -0.2) is 22.1 Å². The fraction of sp³-hybridized carbons (Fsp3) is 0.533. The number of benzene rings is 1. The molecule has 0 bridgehead atoms. The monoisotopic (exact) mass is 243 g/mol. The molecule has 18 heavy (non-hydrogen) atoms. The van der Waals surface area contributed by atoms with Gasteiger partial charge in [0.15, 0.2) is 0 Å². The number of rotatable bonds is 3. The maximum atomic E-state index is 4.73. The molecule has 1 N–H and O–H groups in total. The molecule has 2 heterocycles. The van der Waals surface area contributed by atoms with E-state index >= 15 is 0 Å². The van der Waals surface area contributed by atoms with Crippen molar-refractivity contribution >= 4 is 11.0 Å². The molecule has 1 aliphatic heterocycles. The summed E-state index contributed by atoms with van der Waals surface area (Å²) in [5.74, 6) is 1.21. The average molecular weight is 243 g/mol. The van der Waals surface area contributed by atoms with Gasteiger partial charge < -0.3 is 9.88 Å². The second-order valence-electron chi connectivity index (χ2n) is 5.13. The molecule has 3 heteroatoms. The Morgan fingerprint density at radius 3 is 3.00 bits per heavy atom. The molecule has 1 aliphatic rings. The molecule has 1 aromatic carbocycles. The minimum absolute atomic E-state index is 0.613. The van der Waals surface area contributed by atoms with Gasteiger partial charge >= 0.3 is 0 Å². The Kier molecular flexibility index (Phi) is 3.33. The summed E-state index contributed by atoms with van der Waals surface area (Å²) >= 11 is 0. The van der Waals surface area contributed by atoms with Crippen LogP contribution in [0.4, 0.5) is 0 Å². The first kappa shape index (κ1) is 11.7. The highest BCUT2D eigenvalue weighted by molar-refractivity contribution is 5.75. The number of hydrogen-bond donors (Lipinski definition) is 1. The zero-order valence-corrected chi connectivity index (χ0v) is 11.0. The van der Waals surface area contributed by atoms with E-state index in [0.717, 1.165) is 18.5 Å². The van der Waals surface area contributed by atoms with E-state index in [9.17, 15) is 0 Å². The number of piperidine rings is 1. The lowest BCUT2D eigenvalue weighted by Crippen LogP contribution is -2.37. The quantitative estimate of drug-likeness (QED) is 0.898. The maximum absolute atomic E-state index is 4.73. The van der Waals surface area contributed by atoms with E-state index in [1.54, 1.807) is 0 Å². The van der Waals surface area contributed by atoms with Crippen molar-refractivity contribution in [3.8, 4) is 0 Å². The predicted octanol–water partition coefficient (Wildman–Crippen LogP) is 2.74. The SMILES string of the molecule is CCc1nc2ccccc2n1CC1CCCCN1. The standard InChI is InChI=1S/C15H21N3/c1-2-15-17-13-8-3-4-9-14(13)18(15)11-12-7-5-6-10-16-12/h3-4,8-9,12,16H,2,5-7,10-11H2,1H3. The molecule has 0 radical (unpaired) electrons. The molecule has 1 fully saturated rings. The van der Waals surface area contributed by atoms with Crippen LogP contribution in [-0.2, 0) is 13.0 Å². The van der Waals surface area contributed by atoms with Crippen molar-refractivity contribution in [2.45, 2.75) is 45.2 Å². The Morgan fingerprint density at radius 1 is 1.33 bits per heavy atom. The third-order valence-electron chi connectivity index (χ3n) is 3.87. The van der Waals surface area contributed by atoms with Gasteiger partial charge in [-0.15, -0.1) is 0 Å². The average Bonchev–Trinajstić information content (AvgIpc) is 2.78. The normalized spacial score (nSPS) is 20.4. The zero-order chi connectivity index (χ0) is 12.4. The number of aromatic nitrogens is 2. The van der Waals surface area contributed by atoms with Gasteiger partial charge in [-0.25, -0.2) is 4.98 Å². The first-order chi connectivity index (χ1) is 8.88. The van der Waals surface area contributed by atoms with E-state index in [1.807, 2.05) is 0 Å². The van der Waals surface area contributed by atoms with Crippen LogP contribution in [0.2, 0.25) is 0 Å². The third kappa shape index (κ3) is 2.15. The Bertz CT molecular complexity index is 524. The third-order valence-corrected chi connectivity index (χ3v) is 3.87. The van der Waals surface area contributed by atoms with Crippen LogP contribution in [0.5, 0.6) is 0 Å². The number of imidazole rings is 1. The fourth-order valence-corrected chi connectivity index (χ4v) is 2.90. The minimum atomic E-state index is 0.613. The van der Waals surface area contributed by atoms with Crippen molar-refractivity contribution in [2.24, 2.45) is 0 Å². The molecule has 1 atom stereocenters. The van der Waals surface area contributed by atoms with E-state index in [2.05, 4.69) is 41.1 Å². The Labute approximate surface area is 108 Å². The van der Waals surface area contributed by atoms with Crippen LogP contribution in [0, 0.1) is 0 Å². The molecule has 1 aromatic heterocycles. The van der Waals surface area contributed by atoms with Gasteiger partial charge in [-0.3, -0.25) is 0 Å². The summed E-state index contributed by atoms with van der Waals surface area (Å²) in [7, 11) is 0. The van der Waals surface area contributed by atoms with Crippen molar-refractivity contribution < 1.29 is 0 Å². The van der Waals surface area contributed by atoms with Crippen LogP contribution in [0.3, 0.4) is 0 Å². The lowest BCUT2D eigenvalue weighted by molar-refractivity contribution is 0.363. The van der Waals surface area contributed by atoms with Crippen molar-refractivity contribution in [1.29, 1.82) is 0 Å². The number of hydrogen-bond acceptors (Lipinski definition) is 2. The number of nitrogens with zero attached hydrogens (tertiary/aromatic N) is 2. The summed E-state index contributed by atoms with van der Waals surface area (Å²) in [4.78, 5) is 4.73. The molecular formula is C15H21N3. The zero-order valence-electron chi connectivity index (χ0n) is 11.0. The molecule has 96 valence electrons. The largest absolute Gasteiger partial charge is 0.326 e. The first-order valence-electron chi connectivity index (χ1n) is 7.06. The van der Waals surface area contributed by atoms with Gasteiger partial charge in [-0.2, -0.15) is 0 Å². The molecule has 0 saturated carbocycles. The van der Waals surface area contributed by atoms with Crippen LogP contribution in [0.25, 0.3) is 11.0 Å². The Balaban J connectivity index is 1.93. The summed E-state index contributed by atoms with van der Waals surface area (Å²) in [6, 6.07) is 9.08. The molecule has 2 aromatic rings. The second kappa shape index (κ2) is 5.11. The lowest BCUT2D eigenvalue weighted by atomic mass is 10.0. The summed E-state index contributed by atoms with van der Waals surface area (Å²) in [5, 5.41) is 3.62. The molecule has 0 aliphatic carbocycles. The van der Waals surface area contributed by atoms with E-state index in [4.69, 9.17) is 4.98 Å². The van der Waals surface area contributed by atoms with Gasteiger partial charge in [0.05, 0.1) is 11.0 Å². The maximum Gasteiger partial charge on any atom is 0.109 e. The number of fused-ring (bicyclic) bond motifs is 1. The topological polar surface area (TPSA) is 29.9 Å². The Hall–Kier alpha value is -1.35. The van der Waals surface area contributed by atoms with Gasteiger partial charge in [0.1, 0.15) is 5.82 Å². The second-order valence-corrected chi connectivity index (χ2v) is 5.13.